The topological polar surface area (TPSA) is 77.5 Å². The van der Waals surface area contributed by atoms with Crippen LogP contribution in [-0.2, 0) is 6.54 Å². The summed E-state index contributed by atoms with van der Waals surface area (Å²) in [6.07, 6.45) is 4.62. The number of hydrogen-bond donors (Lipinski definition) is 2. The zero-order valence-electron chi connectivity index (χ0n) is 13.1. The van der Waals surface area contributed by atoms with E-state index in [1.165, 1.54) is 0 Å². The lowest BCUT2D eigenvalue weighted by Crippen LogP contribution is -2.37. The number of fused-ring (bicyclic) bond motifs is 1. The van der Waals surface area contributed by atoms with Crippen molar-refractivity contribution in [2.45, 2.75) is 25.9 Å². The maximum absolute atomic E-state index is 6.01. The van der Waals surface area contributed by atoms with Gasteiger partial charge < -0.3 is 20.4 Å². The predicted octanol–water partition coefficient (Wildman–Crippen LogP) is 2.24. The molecule has 0 spiro atoms. The highest BCUT2D eigenvalue weighted by Crippen LogP contribution is 2.31. The van der Waals surface area contributed by atoms with Crippen LogP contribution in [0.5, 0.6) is 5.75 Å². The number of aromatic nitrogens is 2. The first-order valence-electron chi connectivity index (χ1n) is 7.50. The molecule has 124 valence electrons. The average molecular weight is 427 g/mol. The molecule has 23 heavy (non-hydrogen) atoms. The summed E-state index contributed by atoms with van der Waals surface area (Å²) in [7, 11) is 0. The van der Waals surface area contributed by atoms with Crippen molar-refractivity contribution < 1.29 is 4.74 Å². The molecule has 3 N–H and O–H groups in total. The summed E-state index contributed by atoms with van der Waals surface area (Å²) in [5, 5.41) is 3.29. The summed E-state index contributed by atoms with van der Waals surface area (Å²) in [6, 6.07) is 8.19. The molecule has 6 nitrogen and oxygen atoms in total. The van der Waals surface area contributed by atoms with Crippen LogP contribution in [0.3, 0.4) is 0 Å². The van der Waals surface area contributed by atoms with E-state index in [0.29, 0.717) is 19.1 Å². The number of guanidine groups is 1. The first-order chi connectivity index (χ1) is 10.7. The number of rotatable bonds is 4. The predicted molar refractivity (Wildman–Crippen MR) is 101 cm³/mol. The standard InChI is InChI=1S/C16H21N5O.HI/c1-12-18-7-9-21(12)10-8-19-16(17)20-14-6-11-22-15-5-3-2-4-13(14)15;/h2-5,7,9,14H,6,8,10-11H2,1H3,(H3,17,19,20);1H. The molecule has 1 aliphatic heterocycles. The lowest BCUT2D eigenvalue weighted by atomic mass is 10.0. The number of ether oxygens (including phenoxy) is 1. The van der Waals surface area contributed by atoms with Gasteiger partial charge in [0.1, 0.15) is 11.6 Å². The second kappa shape index (κ2) is 8.19. The molecular formula is C16H22IN5O. The molecule has 2 heterocycles. The molecular weight excluding hydrogens is 405 g/mol. The van der Waals surface area contributed by atoms with E-state index in [2.05, 4.69) is 25.9 Å². The van der Waals surface area contributed by atoms with Crippen LogP contribution >= 0.6 is 24.0 Å². The quantitative estimate of drug-likeness (QED) is 0.446. The van der Waals surface area contributed by atoms with Gasteiger partial charge in [-0.15, -0.1) is 24.0 Å². The Morgan fingerprint density at radius 2 is 2.30 bits per heavy atom. The second-order valence-electron chi connectivity index (χ2n) is 5.31. The minimum Gasteiger partial charge on any atom is -0.493 e. The van der Waals surface area contributed by atoms with Crippen molar-refractivity contribution in [2.24, 2.45) is 10.7 Å². The highest BCUT2D eigenvalue weighted by Gasteiger charge is 2.21. The van der Waals surface area contributed by atoms with Crippen LogP contribution in [0.4, 0.5) is 0 Å². The van der Waals surface area contributed by atoms with Crippen molar-refractivity contribution in [3.8, 4) is 5.75 Å². The summed E-state index contributed by atoms with van der Waals surface area (Å²) < 4.78 is 7.70. The number of nitrogens with two attached hydrogens (primary N) is 1. The van der Waals surface area contributed by atoms with Crippen molar-refractivity contribution in [2.75, 3.05) is 13.2 Å². The minimum absolute atomic E-state index is 0. The Hall–Kier alpha value is -1.77. The van der Waals surface area contributed by atoms with Crippen LogP contribution in [0.2, 0.25) is 0 Å². The maximum Gasteiger partial charge on any atom is 0.189 e. The molecule has 0 aliphatic carbocycles. The Morgan fingerprint density at radius 1 is 1.48 bits per heavy atom. The molecule has 7 heteroatoms. The molecule has 0 saturated heterocycles. The lowest BCUT2D eigenvalue weighted by molar-refractivity contribution is 0.262. The molecule has 1 unspecified atom stereocenters. The van der Waals surface area contributed by atoms with E-state index in [1.807, 2.05) is 31.3 Å². The van der Waals surface area contributed by atoms with Gasteiger partial charge in [0.05, 0.1) is 19.2 Å². The number of imidazole rings is 1. The van der Waals surface area contributed by atoms with Crippen LogP contribution in [0.1, 0.15) is 23.9 Å². The minimum atomic E-state index is 0. The molecule has 1 aliphatic rings. The van der Waals surface area contributed by atoms with Crippen molar-refractivity contribution >= 4 is 29.9 Å². The summed E-state index contributed by atoms with van der Waals surface area (Å²) in [5.41, 5.74) is 7.15. The summed E-state index contributed by atoms with van der Waals surface area (Å²) in [4.78, 5) is 8.59. The van der Waals surface area contributed by atoms with Crippen LogP contribution in [0.15, 0.2) is 41.7 Å². The van der Waals surface area contributed by atoms with Gasteiger partial charge in [0, 0.05) is 30.9 Å². The summed E-state index contributed by atoms with van der Waals surface area (Å²) in [5.74, 6) is 2.38. The van der Waals surface area contributed by atoms with Gasteiger partial charge in [0.25, 0.3) is 0 Å². The molecule has 2 aromatic rings. The van der Waals surface area contributed by atoms with E-state index in [-0.39, 0.29) is 30.0 Å². The molecule has 1 aromatic carbocycles. The molecule has 0 amide bonds. The van der Waals surface area contributed by atoms with Gasteiger partial charge in [0.15, 0.2) is 5.96 Å². The normalized spacial score (nSPS) is 16.9. The Bertz CT molecular complexity index is 670. The largest absolute Gasteiger partial charge is 0.493 e. The van der Waals surface area contributed by atoms with E-state index in [0.717, 1.165) is 30.1 Å². The van der Waals surface area contributed by atoms with Crippen LogP contribution in [0, 0.1) is 6.92 Å². The molecule has 0 fully saturated rings. The third-order valence-corrected chi connectivity index (χ3v) is 3.83. The van der Waals surface area contributed by atoms with Crippen molar-refractivity contribution in [3.05, 3.63) is 48.0 Å². The van der Waals surface area contributed by atoms with Gasteiger partial charge in [-0.05, 0) is 13.0 Å². The molecule has 1 atom stereocenters. The molecule has 0 bridgehead atoms. The van der Waals surface area contributed by atoms with Crippen molar-refractivity contribution in [1.29, 1.82) is 0 Å². The number of nitrogens with one attached hydrogen (secondary N) is 1. The van der Waals surface area contributed by atoms with Gasteiger partial charge in [-0.1, -0.05) is 18.2 Å². The molecule has 3 rings (SSSR count). The van der Waals surface area contributed by atoms with Gasteiger partial charge in [-0.25, -0.2) is 4.98 Å². The number of benzene rings is 1. The van der Waals surface area contributed by atoms with E-state index in [4.69, 9.17) is 10.5 Å². The third kappa shape index (κ3) is 4.37. The van der Waals surface area contributed by atoms with E-state index in [9.17, 15) is 0 Å². The number of para-hydroxylation sites is 1. The number of halogens is 1. The fraction of sp³-hybridized carbons (Fsp3) is 0.375. The van der Waals surface area contributed by atoms with Crippen LogP contribution in [0.25, 0.3) is 0 Å². The van der Waals surface area contributed by atoms with E-state index in [1.54, 1.807) is 6.20 Å². The average Bonchev–Trinajstić information content (AvgIpc) is 2.93. The fourth-order valence-electron chi connectivity index (χ4n) is 2.63. The molecule has 1 aromatic heterocycles. The van der Waals surface area contributed by atoms with Gasteiger partial charge in [0.2, 0.25) is 0 Å². The van der Waals surface area contributed by atoms with Crippen molar-refractivity contribution in [1.82, 2.24) is 14.9 Å². The summed E-state index contributed by atoms with van der Waals surface area (Å²) in [6.45, 7) is 4.07. The van der Waals surface area contributed by atoms with Gasteiger partial charge in [-0.3, -0.25) is 4.99 Å². The number of aliphatic imine (C=N–C) groups is 1. The smallest absolute Gasteiger partial charge is 0.189 e. The van der Waals surface area contributed by atoms with Crippen LogP contribution in [-0.4, -0.2) is 28.7 Å². The van der Waals surface area contributed by atoms with E-state index < -0.39 is 0 Å². The Labute approximate surface area is 153 Å². The van der Waals surface area contributed by atoms with Crippen LogP contribution < -0.4 is 15.8 Å². The maximum atomic E-state index is 6.01. The SMILES string of the molecule is Cc1nccn1CCN=C(N)NC1CCOc2ccccc21.I. The zero-order valence-corrected chi connectivity index (χ0v) is 15.4. The third-order valence-electron chi connectivity index (χ3n) is 3.83. The fourth-order valence-corrected chi connectivity index (χ4v) is 2.63. The van der Waals surface area contributed by atoms with Crippen molar-refractivity contribution in [3.63, 3.8) is 0 Å². The number of nitrogens with zero attached hydrogens (tertiary/aromatic N) is 3. The number of aryl methyl sites for hydroxylation is 1. The number of hydrogen-bond acceptors (Lipinski definition) is 3. The van der Waals surface area contributed by atoms with E-state index >= 15 is 0 Å². The first-order valence-corrected chi connectivity index (χ1v) is 7.50. The molecule has 0 saturated carbocycles. The Morgan fingerprint density at radius 3 is 3.09 bits per heavy atom. The Balaban J connectivity index is 0.00000192. The monoisotopic (exact) mass is 427 g/mol. The highest BCUT2D eigenvalue weighted by atomic mass is 127. The van der Waals surface area contributed by atoms with Gasteiger partial charge >= 0.3 is 0 Å². The first kappa shape index (κ1) is 17.6. The highest BCUT2D eigenvalue weighted by molar-refractivity contribution is 14.0. The van der Waals surface area contributed by atoms with Gasteiger partial charge in [-0.2, -0.15) is 0 Å². The summed E-state index contributed by atoms with van der Waals surface area (Å²) >= 11 is 0. The zero-order chi connectivity index (χ0) is 15.4. The second-order valence-corrected chi connectivity index (χ2v) is 5.31. The Kier molecular flexibility index (Phi) is 6.26. The molecule has 0 radical (unpaired) electrons. The lowest BCUT2D eigenvalue weighted by Gasteiger charge is -2.26.